The lowest BCUT2D eigenvalue weighted by Gasteiger charge is -2.19. The molecule has 1 N–H and O–H groups in total. The molecule has 5 rings (SSSR count). The van der Waals surface area contributed by atoms with Crippen molar-refractivity contribution in [1.82, 2.24) is 4.31 Å². The van der Waals surface area contributed by atoms with Gasteiger partial charge in [0.15, 0.2) is 11.5 Å². The van der Waals surface area contributed by atoms with Crippen LogP contribution < -0.4 is 14.8 Å². The zero-order chi connectivity index (χ0) is 24.1. The molecule has 3 aromatic carbocycles. The summed E-state index contributed by atoms with van der Waals surface area (Å²) in [4.78, 5) is 13.6. The maximum absolute atomic E-state index is 13.4. The van der Waals surface area contributed by atoms with Crippen molar-refractivity contribution < 1.29 is 22.7 Å². The second-order valence-corrected chi connectivity index (χ2v) is 11.0. The van der Waals surface area contributed by atoms with Crippen LogP contribution in [0.1, 0.15) is 24.0 Å². The first-order valence-electron chi connectivity index (χ1n) is 11.1. The minimum absolute atomic E-state index is 0.0426. The molecule has 1 aliphatic carbocycles. The summed E-state index contributed by atoms with van der Waals surface area (Å²) < 4.78 is 36.8. The second-order valence-electron chi connectivity index (χ2n) is 8.89. The summed E-state index contributed by atoms with van der Waals surface area (Å²) in [5.41, 5.74) is 3.83. The van der Waals surface area contributed by atoms with Crippen LogP contribution >= 0.6 is 0 Å². The highest BCUT2D eigenvalue weighted by Gasteiger charge is 2.51. The summed E-state index contributed by atoms with van der Waals surface area (Å²) in [6, 6.07) is 18.2. The first-order valence-corrected chi connectivity index (χ1v) is 12.5. The summed E-state index contributed by atoms with van der Waals surface area (Å²) in [5, 5.41) is 3.13. The normalized spacial score (nSPS) is 15.9. The number of amides is 1. The smallest absolute Gasteiger partial charge is 0.242 e. The molecule has 1 fully saturated rings. The van der Waals surface area contributed by atoms with E-state index in [1.165, 1.54) is 18.4 Å². The number of rotatable bonds is 6. The molecule has 1 amide bonds. The molecule has 8 heteroatoms. The van der Waals surface area contributed by atoms with Crippen molar-refractivity contribution in [2.24, 2.45) is 0 Å². The zero-order valence-electron chi connectivity index (χ0n) is 19.3. The van der Waals surface area contributed by atoms with E-state index in [1.807, 2.05) is 43.3 Å². The Morgan fingerprint density at radius 2 is 1.68 bits per heavy atom. The van der Waals surface area contributed by atoms with Gasteiger partial charge in [0.25, 0.3) is 0 Å². The van der Waals surface area contributed by atoms with Crippen molar-refractivity contribution in [2.75, 3.05) is 26.2 Å². The standard InChI is InChI=1S/C26H26N2O5S/c1-17-21(18-7-10-20(11-8-18)34(30,31)28(2)3)5-4-6-22(17)27-25(29)26(13-14-26)19-9-12-23-24(15-19)33-16-32-23/h4-12,15H,13-14,16H2,1-3H3,(H,27,29). The van der Waals surface area contributed by atoms with Gasteiger partial charge in [0.1, 0.15) is 0 Å². The number of carbonyl (C=O) groups excluding carboxylic acids is 1. The zero-order valence-corrected chi connectivity index (χ0v) is 20.1. The number of hydrogen-bond donors (Lipinski definition) is 1. The molecule has 1 heterocycles. The van der Waals surface area contributed by atoms with Gasteiger partial charge in [0, 0.05) is 19.8 Å². The van der Waals surface area contributed by atoms with Crippen molar-refractivity contribution >= 4 is 21.6 Å². The second kappa shape index (κ2) is 8.14. The highest BCUT2D eigenvalue weighted by Crippen LogP contribution is 2.51. The van der Waals surface area contributed by atoms with Crippen LogP contribution in [0.25, 0.3) is 11.1 Å². The average Bonchev–Trinajstić information content (AvgIpc) is 3.51. The Labute approximate surface area is 199 Å². The summed E-state index contributed by atoms with van der Waals surface area (Å²) in [6.45, 7) is 2.15. The van der Waals surface area contributed by atoms with Gasteiger partial charge in [-0.1, -0.05) is 30.3 Å². The van der Waals surface area contributed by atoms with E-state index in [2.05, 4.69) is 5.32 Å². The van der Waals surface area contributed by atoms with Crippen LogP contribution in [0.4, 0.5) is 5.69 Å². The lowest BCUT2D eigenvalue weighted by atomic mass is 9.93. The van der Waals surface area contributed by atoms with Crippen LogP contribution in [-0.2, 0) is 20.2 Å². The van der Waals surface area contributed by atoms with Crippen molar-refractivity contribution in [1.29, 1.82) is 0 Å². The molecule has 0 bridgehead atoms. The van der Waals surface area contributed by atoms with Crippen LogP contribution in [-0.4, -0.2) is 39.5 Å². The molecule has 176 valence electrons. The Morgan fingerprint density at radius 3 is 2.35 bits per heavy atom. The summed E-state index contributed by atoms with van der Waals surface area (Å²) >= 11 is 0. The number of nitrogens with zero attached hydrogens (tertiary/aromatic N) is 1. The van der Waals surface area contributed by atoms with Crippen molar-refractivity contribution in [3.8, 4) is 22.6 Å². The van der Waals surface area contributed by atoms with Gasteiger partial charge in [0.2, 0.25) is 22.7 Å². The third-order valence-electron chi connectivity index (χ3n) is 6.64. The fraction of sp³-hybridized carbons (Fsp3) is 0.269. The van der Waals surface area contributed by atoms with E-state index in [1.54, 1.807) is 24.3 Å². The highest BCUT2D eigenvalue weighted by molar-refractivity contribution is 7.89. The van der Waals surface area contributed by atoms with E-state index in [-0.39, 0.29) is 17.6 Å². The monoisotopic (exact) mass is 478 g/mol. The largest absolute Gasteiger partial charge is 0.454 e. The minimum Gasteiger partial charge on any atom is -0.454 e. The highest BCUT2D eigenvalue weighted by atomic mass is 32.2. The Morgan fingerprint density at radius 1 is 0.971 bits per heavy atom. The predicted molar refractivity (Wildman–Crippen MR) is 130 cm³/mol. The van der Waals surface area contributed by atoms with Crippen LogP contribution in [0.5, 0.6) is 11.5 Å². The van der Waals surface area contributed by atoms with E-state index in [4.69, 9.17) is 9.47 Å². The number of anilines is 1. The van der Waals surface area contributed by atoms with Gasteiger partial charge >= 0.3 is 0 Å². The molecule has 0 atom stereocenters. The molecule has 1 aliphatic heterocycles. The van der Waals surface area contributed by atoms with Crippen molar-refractivity contribution in [2.45, 2.75) is 30.1 Å². The average molecular weight is 479 g/mol. The third-order valence-corrected chi connectivity index (χ3v) is 8.47. The van der Waals surface area contributed by atoms with E-state index < -0.39 is 15.4 Å². The third kappa shape index (κ3) is 3.73. The quantitative estimate of drug-likeness (QED) is 0.571. The number of fused-ring (bicyclic) bond motifs is 1. The lowest BCUT2D eigenvalue weighted by Crippen LogP contribution is -2.28. The van der Waals surface area contributed by atoms with E-state index in [9.17, 15) is 13.2 Å². The van der Waals surface area contributed by atoms with Crippen LogP contribution in [0.2, 0.25) is 0 Å². The fourth-order valence-electron chi connectivity index (χ4n) is 4.31. The van der Waals surface area contributed by atoms with Gasteiger partial charge in [-0.05, 0) is 72.4 Å². The van der Waals surface area contributed by atoms with Crippen LogP contribution in [0.3, 0.4) is 0 Å². The molecular formula is C26H26N2O5S. The molecule has 7 nitrogen and oxygen atoms in total. The SMILES string of the molecule is Cc1c(NC(=O)C2(c3ccc4c(c3)OCO4)CC2)cccc1-c1ccc(S(=O)(=O)N(C)C)cc1. The molecule has 2 aliphatic rings. The predicted octanol–water partition coefficient (Wildman–Crippen LogP) is 4.31. The number of ether oxygens (including phenoxy) is 2. The van der Waals surface area contributed by atoms with Crippen LogP contribution in [0.15, 0.2) is 65.6 Å². The molecule has 0 spiro atoms. The molecule has 0 unspecified atom stereocenters. The topological polar surface area (TPSA) is 84.9 Å². The Hall–Kier alpha value is -3.36. The molecular weight excluding hydrogens is 452 g/mol. The van der Waals surface area contributed by atoms with E-state index in [0.29, 0.717) is 11.5 Å². The van der Waals surface area contributed by atoms with E-state index >= 15 is 0 Å². The summed E-state index contributed by atoms with van der Waals surface area (Å²) in [7, 11) is -0.471. The molecule has 0 saturated heterocycles. The number of nitrogens with one attached hydrogen (secondary N) is 1. The fourth-order valence-corrected chi connectivity index (χ4v) is 5.21. The van der Waals surface area contributed by atoms with Gasteiger partial charge in [-0.15, -0.1) is 0 Å². The van der Waals surface area contributed by atoms with Gasteiger partial charge in [0.05, 0.1) is 10.3 Å². The first kappa shape index (κ1) is 22.4. The summed E-state index contributed by atoms with van der Waals surface area (Å²) in [6.07, 6.45) is 1.55. The van der Waals surface area contributed by atoms with Gasteiger partial charge in [-0.3, -0.25) is 4.79 Å². The maximum atomic E-state index is 13.4. The Balaban J connectivity index is 1.40. The minimum atomic E-state index is -3.49. The number of carbonyl (C=O) groups is 1. The molecule has 1 saturated carbocycles. The number of sulfonamides is 1. The Kier molecular flexibility index (Phi) is 5.37. The molecule has 34 heavy (non-hydrogen) atoms. The van der Waals surface area contributed by atoms with Crippen LogP contribution in [0, 0.1) is 6.92 Å². The number of benzene rings is 3. The lowest BCUT2D eigenvalue weighted by molar-refractivity contribution is -0.118. The number of hydrogen-bond acceptors (Lipinski definition) is 5. The van der Waals surface area contributed by atoms with Gasteiger partial charge < -0.3 is 14.8 Å². The Bertz CT molecular complexity index is 1380. The van der Waals surface area contributed by atoms with Gasteiger partial charge in [-0.2, -0.15) is 0 Å². The maximum Gasteiger partial charge on any atom is 0.242 e. The van der Waals surface area contributed by atoms with E-state index in [0.717, 1.165) is 40.8 Å². The first-order chi connectivity index (χ1) is 16.2. The summed E-state index contributed by atoms with van der Waals surface area (Å²) in [5.74, 6) is 1.33. The molecule has 0 aromatic heterocycles. The van der Waals surface area contributed by atoms with Gasteiger partial charge in [-0.25, -0.2) is 12.7 Å². The molecule has 0 radical (unpaired) electrons. The van der Waals surface area contributed by atoms with Crippen molar-refractivity contribution in [3.05, 3.63) is 71.8 Å². The molecule has 3 aromatic rings. The van der Waals surface area contributed by atoms with Crippen molar-refractivity contribution in [3.63, 3.8) is 0 Å².